The van der Waals surface area contributed by atoms with Crippen molar-refractivity contribution in [1.82, 2.24) is 15.3 Å². The number of rotatable bonds is 5. The summed E-state index contributed by atoms with van der Waals surface area (Å²) >= 11 is 0. The maximum absolute atomic E-state index is 12.5. The third-order valence-electron chi connectivity index (χ3n) is 4.61. The van der Waals surface area contributed by atoms with E-state index < -0.39 is 0 Å². The molecule has 0 unspecified atom stereocenters. The SMILES string of the molecule is COc1ncccc1C(=O)NC[C@@H]1CCCN1c1nc2ccccc2o1. The molecule has 1 saturated heterocycles. The van der Waals surface area contributed by atoms with Crippen LogP contribution in [0.15, 0.2) is 47.0 Å². The minimum Gasteiger partial charge on any atom is -0.480 e. The predicted octanol–water partition coefficient (Wildman–Crippen LogP) is 2.63. The number of carbonyl (C=O) groups excluding carboxylic acids is 1. The van der Waals surface area contributed by atoms with Crippen LogP contribution in [0.5, 0.6) is 5.88 Å². The van der Waals surface area contributed by atoms with Crippen molar-refractivity contribution in [1.29, 1.82) is 0 Å². The fourth-order valence-electron chi connectivity index (χ4n) is 3.31. The molecule has 0 spiro atoms. The number of hydrogen-bond acceptors (Lipinski definition) is 6. The maximum Gasteiger partial charge on any atom is 0.298 e. The van der Waals surface area contributed by atoms with Crippen molar-refractivity contribution in [3.63, 3.8) is 0 Å². The number of aromatic nitrogens is 2. The average Bonchev–Trinajstić information content (AvgIpc) is 3.32. The van der Waals surface area contributed by atoms with Crippen LogP contribution >= 0.6 is 0 Å². The predicted molar refractivity (Wildman–Crippen MR) is 97.5 cm³/mol. The highest BCUT2D eigenvalue weighted by Crippen LogP contribution is 2.28. The van der Waals surface area contributed by atoms with Crippen LogP contribution in [0, 0.1) is 0 Å². The van der Waals surface area contributed by atoms with Gasteiger partial charge in [-0.3, -0.25) is 4.79 Å². The highest BCUT2D eigenvalue weighted by molar-refractivity contribution is 5.96. The van der Waals surface area contributed by atoms with Crippen LogP contribution in [0.2, 0.25) is 0 Å². The van der Waals surface area contributed by atoms with E-state index in [1.165, 1.54) is 7.11 Å². The van der Waals surface area contributed by atoms with E-state index in [1.54, 1.807) is 18.3 Å². The van der Waals surface area contributed by atoms with Gasteiger partial charge in [-0.2, -0.15) is 4.98 Å². The molecule has 7 heteroatoms. The van der Waals surface area contributed by atoms with Crippen LogP contribution in [0.4, 0.5) is 6.01 Å². The molecule has 4 rings (SSSR count). The van der Waals surface area contributed by atoms with Gasteiger partial charge in [0.05, 0.1) is 13.2 Å². The first-order valence-electron chi connectivity index (χ1n) is 8.65. The number of nitrogens with one attached hydrogen (secondary N) is 1. The lowest BCUT2D eigenvalue weighted by Crippen LogP contribution is -2.40. The Balaban J connectivity index is 1.46. The minimum absolute atomic E-state index is 0.148. The first-order chi connectivity index (χ1) is 12.8. The van der Waals surface area contributed by atoms with Crippen molar-refractivity contribution in [3.05, 3.63) is 48.2 Å². The van der Waals surface area contributed by atoms with Crippen molar-refractivity contribution in [2.75, 3.05) is 25.1 Å². The van der Waals surface area contributed by atoms with E-state index in [4.69, 9.17) is 9.15 Å². The number of oxazole rings is 1. The summed E-state index contributed by atoms with van der Waals surface area (Å²) in [7, 11) is 1.51. The zero-order valence-corrected chi connectivity index (χ0v) is 14.5. The lowest BCUT2D eigenvalue weighted by atomic mass is 10.2. The number of benzene rings is 1. The summed E-state index contributed by atoms with van der Waals surface area (Å²) in [6.45, 7) is 1.37. The number of nitrogens with zero attached hydrogens (tertiary/aromatic N) is 3. The van der Waals surface area contributed by atoms with Gasteiger partial charge in [0.15, 0.2) is 5.58 Å². The molecular weight excluding hydrogens is 332 g/mol. The Hall–Kier alpha value is -3.09. The molecule has 1 aliphatic heterocycles. The average molecular weight is 352 g/mol. The lowest BCUT2D eigenvalue weighted by Gasteiger charge is -2.23. The topological polar surface area (TPSA) is 80.5 Å². The van der Waals surface area contributed by atoms with Crippen LogP contribution in [0.1, 0.15) is 23.2 Å². The van der Waals surface area contributed by atoms with Gasteiger partial charge in [0.25, 0.3) is 11.9 Å². The summed E-state index contributed by atoms with van der Waals surface area (Å²) in [5.41, 5.74) is 2.05. The van der Waals surface area contributed by atoms with E-state index in [2.05, 4.69) is 20.2 Å². The molecule has 1 aromatic carbocycles. The highest BCUT2D eigenvalue weighted by Gasteiger charge is 2.29. The van der Waals surface area contributed by atoms with E-state index in [0.717, 1.165) is 30.5 Å². The Bertz CT molecular complexity index is 891. The molecule has 26 heavy (non-hydrogen) atoms. The lowest BCUT2D eigenvalue weighted by molar-refractivity contribution is 0.0947. The second-order valence-corrected chi connectivity index (χ2v) is 6.22. The molecule has 134 valence electrons. The number of carbonyl (C=O) groups is 1. The summed E-state index contributed by atoms with van der Waals surface area (Å²) in [6, 6.07) is 11.9. The molecule has 3 aromatic rings. The molecule has 7 nitrogen and oxygen atoms in total. The van der Waals surface area contributed by atoms with Gasteiger partial charge in [-0.1, -0.05) is 12.1 Å². The number of anilines is 1. The molecule has 0 radical (unpaired) electrons. The number of fused-ring (bicyclic) bond motifs is 1. The van der Waals surface area contributed by atoms with Gasteiger partial charge in [0.2, 0.25) is 5.88 Å². The first-order valence-corrected chi connectivity index (χ1v) is 8.65. The van der Waals surface area contributed by atoms with Crippen LogP contribution in [0.25, 0.3) is 11.1 Å². The summed E-state index contributed by atoms with van der Waals surface area (Å²) in [5, 5.41) is 2.98. The molecule has 1 atom stereocenters. The van der Waals surface area contributed by atoms with Gasteiger partial charge in [-0.15, -0.1) is 0 Å². The van der Waals surface area contributed by atoms with Crippen molar-refractivity contribution >= 4 is 23.0 Å². The Morgan fingerprint density at radius 3 is 3.08 bits per heavy atom. The van der Waals surface area contributed by atoms with Gasteiger partial charge in [0.1, 0.15) is 11.1 Å². The van der Waals surface area contributed by atoms with E-state index in [1.807, 2.05) is 24.3 Å². The zero-order chi connectivity index (χ0) is 17.9. The Morgan fingerprint density at radius 2 is 2.23 bits per heavy atom. The fourth-order valence-corrected chi connectivity index (χ4v) is 3.31. The van der Waals surface area contributed by atoms with Gasteiger partial charge in [-0.05, 0) is 37.1 Å². The summed E-state index contributed by atoms with van der Waals surface area (Å²) < 4.78 is 11.0. The number of amides is 1. The van der Waals surface area contributed by atoms with E-state index in [9.17, 15) is 4.79 Å². The number of methoxy groups -OCH3 is 1. The molecule has 2 aromatic heterocycles. The van der Waals surface area contributed by atoms with Gasteiger partial charge in [-0.25, -0.2) is 4.98 Å². The number of ether oxygens (including phenoxy) is 1. The second kappa shape index (κ2) is 7.03. The third-order valence-corrected chi connectivity index (χ3v) is 4.61. The molecule has 1 aliphatic rings. The number of hydrogen-bond donors (Lipinski definition) is 1. The summed E-state index contributed by atoms with van der Waals surface area (Å²) in [4.78, 5) is 23.2. The Labute approximate surface area is 151 Å². The second-order valence-electron chi connectivity index (χ2n) is 6.22. The monoisotopic (exact) mass is 352 g/mol. The smallest absolute Gasteiger partial charge is 0.298 e. The molecule has 0 saturated carbocycles. The van der Waals surface area contributed by atoms with Crippen LogP contribution in [-0.4, -0.2) is 42.1 Å². The fraction of sp³-hybridized carbons (Fsp3) is 0.316. The standard InChI is InChI=1S/C19H20N4O3/c1-25-18-14(7-4-10-20-18)17(24)21-12-13-6-5-11-23(13)19-22-15-8-2-3-9-16(15)26-19/h2-4,7-10,13H,5-6,11-12H2,1H3,(H,21,24)/t13-/m0/s1. The molecule has 1 N–H and O–H groups in total. The number of pyridine rings is 1. The number of para-hydroxylation sites is 2. The van der Waals surface area contributed by atoms with Crippen molar-refractivity contribution < 1.29 is 13.9 Å². The maximum atomic E-state index is 12.5. The van der Waals surface area contributed by atoms with Crippen LogP contribution in [0.3, 0.4) is 0 Å². The van der Waals surface area contributed by atoms with E-state index >= 15 is 0 Å². The van der Waals surface area contributed by atoms with Crippen molar-refractivity contribution in [3.8, 4) is 5.88 Å². The van der Waals surface area contributed by atoms with Gasteiger partial charge >= 0.3 is 0 Å². The van der Waals surface area contributed by atoms with E-state index in [0.29, 0.717) is 24.0 Å². The molecule has 0 bridgehead atoms. The van der Waals surface area contributed by atoms with Crippen LogP contribution in [-0.2, 0) is 0 Å². The molecule has 3 heterocycles. The zero-order valence-electron chi connectivity index (χ0n) is 14.5. The molecular formula is C19H20N4O3. The summed E-state index contributed by atoms with van der Waals surface area (Å²) in [6.07, 6.45) is 3.61. The summed E-state index contributed by atoms with van der Waals surface area (Å²) in [5.74, 6) is 0.131. The normalized spacial score (nSPS) is 16.8. The molecule has 0 aliphatic carbocycles. The Kier molecular flexibility index (Phi) is 4.43. The van der Waals surface area contributed by atoms with Gasteiger partial charge in [0, 0.05) is 19.3 Å². The minimum atomic E-state index is -0.195. The largest absolute Gasteiger partial charge is 0.480 e. The molecule has 1 amide bonds. The third kappa shape index (κ3) is 3.08. The van der Waals surface area contributed by atoms with Crippen LogP contribution < -0.4 is 15.0 Å². The first kappa shape index (κ1) is 16.4. The molecule has 1 fully saturated rings. The van der Waals surface area contributed by atoms with Crippen molar-refractivity contribution in [2.24, 2.45) is 0 Å². The highest BCUT2D eigenvalue weighted by atomic mass is 16.5. The van der Waals surface area contributed by atoms with E-state index in [-0.39, 0.29) is 11.9 Å². The quantitative estimate of drug-likeness (QED) is 0.760. The van der Waals surface area contributed by atoms with Gasteiger partial charge < -0.3 is 19.4 Å². The Morgan fingerprint density at radius 1 is 1.35 bits per heavy atom. The van der Waals surface area contributed by atoms with Crippen molar-refractivity contribution in [2.45, 2.75) is 18.9 Å².